The molecule has 0 radical (unpaired) electrons. The number of ether oxygens (including phenoxy) is 1. The summed E-state index contributed by atoms with van der Waals surface area (Å²) in [7, 11) is 1.65. The fourth-order valence-corrected chi connectivity index (χ4v) is 2.69. The maximum absolute atomic E-state index is 10.3. The molecule has 116 valence electrons. The molecular weight excluding hydrogens is 286 g/mol. The van der Waals surface area contributed by atoms with Gasteiger partial charge in [-0.05, 0) is 53.6 Å². The van der Waals surface area contributed by atoms with Crippen molar-refractivity contribution >= 4 is 17.0 Å². The molecule has 3 aromatic carbocycles. The molecule has 0 aliphatic heterocycles. The third-order valence-corrected chi connectivity index (χ3v) is 3.93. The highest BCUT2D eigenvalue weighted by atomic mass is 16.5. The van der Waals surface area contributed by atoms with Gasteiger partial charge in [-0.15, -0.1) is 0 Å². The Bertz CT molecular complexity index is 838. The lowest BCUT2D eigenvalue weighted by atomic mass is 9.99. The molecule has 23 heavy (non-hydrogen) atoms. The van der Waals surface area contributed by atoms with Crippen molar-refractivity contribution in [2.45, 2.75) is 13.0 Å². The lowest BCUT2D eigenvalue weighted by molar-refractivity contribution is 0.415. The highest BCUT2D eigenvalue weighted by Crippen LogP contribution is 2.33. The van der Waals surface area contributed by atoms with Crippen molar-refractivity contribution < 1.29 is 9.84 Å². The second-order valence-electron chi connectivity index (χ2n) is 5.45. The second-order valence-corrected chi connectivity index (χ2v) is 5.45. The Labute approximate surface area is 135 Å². The number of rotatable bonds is 4. The van der Waals surface area contributed by atoms with Crippen LogP contribution in [0.4, 0.5) is 0 Å². The van der Waals surface area contributed by atoms with Gasteiger partial charge in [0.15, 0.2) is 0 Å². The number of aliphatic imine (C=N–C) groups is 1. The molecule has 3 heteroatoms. The SMILES string of the molecule is COc1ccc(C=NC(C)c2c(O)ccc3ccccc23)cc1. The van der Waals surface area contributed by atoms with Crippen molar-refractivity contribution in [2.75, 3.05) is 7.11 Å². The minimum atomic E-state index is -0.136. The summed E-state index contributed by atoms with van der Waals surface area (Å²) in [5, 5.41) is 12.4. The molecule has 0 aliphatic carbocycles. The zero-order valence-electron chi connectivity index (χ0n) is 13.2. The molecule has 1 unspecified atom stereocenters. The first kappa shape index (κ1) is 15.1. The molecule has 1 N–H and O–H groups in total. The van der Waals surface area contributed by atoms with E-state index in [-0.39, 0.29) is 11.8 Å². The van der Waals surface area contributed by atoms with Crippen LogP contribution in [0, 0.1) is 0 Å². The third-order valence-electron chi connectivity index (χ3n) is 3.93. The number of aromatic hydroxyl groups is 1. The Morgan fingerprint density at radius 1 is 1.00 bits per heavy atom. The van der Waals surface area contributed by atoms with Crippen LogP contribution >= 0.6 is 0 Å². The normalized spacial score (nSPS) is 12.6. The van der Waals surface area contributed by atoms with E-state index in [1.165, 1.54) is 0 Å². The summed E-state index contributed by atoms with van der Waals surface area (Å²) in [5.74, 6) is 1.10. The van der Waals surface area contributed by atoms with Crippen LogP contribution in [0.1, 0.15) is 24.1 Å². The quantitative estimate of drug-likeness (QED) is 0.708. The summed E-state index contributed by atoms with van der Waals surface area (Å²) in [4.78, 5) is 4.61. The van der Waals surface area contributed by atoms with Gasteiger partial charge in [0.25, 0.3) is 0 Å². The van der Waals surface area contributed by atoms with Crippen molar-refractivity contribution in [1.82, 2.24) is 0 Å². The topological polar surface area (TPSA) is 41.8 Å². The highest BCUT2D eigenvalue weighted by Gasteiger charge is 2.12. The van der Waals surface area contributed by atoms with E-state index in [9.17, 15) is 5.11 Å². The van der Waals surface area contributed by atoms with Crippen LogP contribution in [0.3, 0.4) is 0 Å². The molecule has 0 aromatic heterocycles. The van der Waals surface area contributed by atoms with Gasteiger partial charge in [-0.25, -0.2) is 0 Å². The standard InChI is InChI=1S/C20H19NO2/c1-14(21-13-15-7-10-17(23-2)11-8-15)20-18-6-4-3-5-16(18)9-12-19(20)22/h3-14,22H,1-2H3. The fraction of sp³-hybridized carbons (Fsp3) is 0.150. The van der Waals surface area contributed by atoms with Gasteiger partial charge in [0, 0.05) is 11.8 Å². The van der Waals surface area contributed by atoms with Gasteiger partial charge >= 0.3 is 0 Å². The summed E-state index contributed by atoms with van der Waals surface area (Å²) < 4.78 is 5.15. The smallest absolute Gasteiger partial charge is 0.121 e. The van der Waals surface area contributed by atoms with Crippen LogP contribution in [0.5, 0.6) is 11.5 Å². The average Bonchev–Trinajstić information content (AvgIpc) is 2.60. The monoisotopic (exact) mass is 305 g/mol. The molecule has 1 atom stereocenters. The molecule has 0 fully saturated rings. The van der Waals surface area contributed by atoms with E-state index in [4.69, 9.17) is 4.74 Å². The average molecular weight is 305 g/mol. The number of hydrogen-bond donors (Lipinski definition) is 1. The predicted octanol–water partition coefficient (Wildman–Crippen LogP) is 4.73. The molecule has 3 aromatic rings. The summed E-state index contributed by atoms with van der Waals surface area (Å²) in [6.07, 6.45) is 1.82. The largest absolute Gasteiger partial charge is 0.508 e. The van der Waals surface area contributed by atoms with Gasteiger partial charge in [0.05, 0.1) is 13.2 Å². The first-order valence-corrected chi connectivity index (χ1v) is 7.57. The number of phenolic OH excluding ortho intramolecular Hbond substituents is 1. The summed E-state index contributed by atoms with van der Waals surface area (Å²) >= 11 is 0. The van der Waals surface area contributed by atoms with Gasteiger partial charge in [-0.1, -0.05) is 30.3 Å². The predicted molar refractivity (Wildman–Crippen MR) is 94.6 cm³/mol. The fourth-order valence-electron chi connectivity index (χ4n) is 2.69. The van der Waals surface area contributed by atoms with Crippen LogP contribution in [-0.4, -0.2) is 18.4 Å². The summed E-state index contributed by atoms with van der Waals surface area (Å²) in [6, 6.07) is 19.3. The molecule has 0 heterocycles. The molecule has 0 saturated heterocycles. The van der Waals surface area contributed by atoms with E-state index >= 15 is 0 Å². The Hall–Kier alpha value is -2.81. The van der Waals surface area contributed by atoms with Crippen LogP contribution in [-0.2, 0) is 0 Å². The lowest BCUT2D eigenvalue weighted by Crippen LogP contribution is -1.94. The Morgan fingerprint density at radius 3 is 2.48 bits per heavy atom. The van der Waals surface area contributed by atoms with Gasteiger partial charge in [-0.2, -0.15) is 0 Å². The molecule has 0 amide bonds. The number of phenols is 1. The molecule has 3 rings (SSSR count). The number of nitrogens with zero attached hydrogens (tertiary/aromatic N) is 1. The van der Waals surface area contributed by atoms with Crippen molar-refractivity contribution in [3.05, 3.63) is 71.8 Å². The minimum absolute atomic E-state index is 0.136. The van der Waals surface area contributed by atoms with Crippen molar-refractivity contribution in [3.63, 3.8) is 0 Å². The number of benzene rings is 3. The van der Waals surface area contributed by atoms with E-state index in [1.54, 1.807) is 13.2 Å². The Balaban J connectivity index is 1.92. The molecule has 0 spiro atoms. The van der Waals surface area contributed by atoms with E-state index in [2.05, 4.69) is 4.99 Å². The van der Waals surface area contributed by atoms with Crippen molar-refractivity contribution in [1.29, 1.82) is 0 Å². The Kier molecular flexibility index (Phi) is 4.29. The summed E-state index contributed by atoms with van der Waals surface area (Å²) in [6.45, 7) is 1.99. The lowest BCUT2D eigenvalue weighted by Gasteiger charge is -2.13. The van der Waals surface area contributed by atoms with Crippen LogP contribution < -0.4 is 4.74 Å². The summed E-state index contributed by atoms with van der Waals surface area (Å²) in [5.41, 5.74) is 1.85. The third kappa shape index (κ3) is 3.19. The van der Waals surface area contributed by atoms with Gasteiger partial charge < -0.3 is 9.84 Å². The minimum Gasteiger partial charge on any atom is -0.508 e. The van der Waals surface area contributed by atoms with Gasteiger partial charge in [0.2, 0.25) is 0 Å². The van der Waals surface area contributed by atoms with E-state index in [0.717, 1.165) is 27.6 Å². The maximum atomic E-state index is 10.3. The number of fused-ring (bicyclic) bond motifs is 1. The van der Waals surface area contributed by atoms with Crippen molar-refractivity contribution in [3.8, 4) is 11.5 Å². The highest BCUT2D eigenvalue weighted by molar-refractivity contribution is 5.88. The molecule has 0 saturated carbocycles. The van der Waals surface area contributed by atoms with E-state index < -0.39 is 0 Å². The van der Waals surface area contributed by atoms with Gasteiger partial charge in [-0.3, -0.25) is 4.99 Å². The molecule has 0 aliphatic rings. The Morgan fingerprint density at radius 2 is 1.74 bits per heavy atom. The molecule has 0 bridgehead atoms. The van der Waals surface area contributed by atoms with Crippen LogP contribution in [0.15, 0.2) is 65.7 Å². The van der Waals surface area contributed by atoms with Crippen LogP contribution in [0.2, 0.25) is 0 Å². The van der Waals surface area contributed by atoms with Gasteiger partial charge in [0.1, 0.15) is 11.5 Å². The zero-order valence-corrected chi connectivity index (χ0v) is 13.2. The van der Waals surface area contributed by atoms with E-state index in [0.29, 0.717) is 0 Å². The number of hydrogen-bond acceptors (Lipinski definition) is 3. The number of methoxy groups -OCH3 is 1. The van der Waals surface area contributed by atoms with Crippen LogP contribution in [0.25, 0.3) is 10.8 Å². The second kappa shape index (κ2) is 6.53. The molecular formula is C20H19NO2. The first-order valence-electron chi connectivity index (χ1n) is 7.57. The first-order chi connectivity index (χ1) is 11.2. The van der Waals surface area contributed by atoms with Crippen molar-refractivity contribution in [2.24, 2.45) is 4.99 Å². The maximum Gasteiger partial charge on any atom is 0.121 e. The molecule has 3 nitrogen and oxygen atoms in total. The van der Waals surface area contributed by atoms with E-state index in [1.807, 2.05) is 67.7 Å². The zero-order chi connectivity index (χ0) is 16.2.